The van der Waals surface area contributed by atoms with Crippen LogP contribution >= 0.6 is 0 Å². The first-order valence-electron chi connectivity index (χ1n) is 2.94. The average Bonchev–Trinajstić information content (AvgIpc) is 1.59. The molecule has 0 aliphatic carbocycles. The Hall–Kier alpha value is -0.860. The molecule has 0 amide bonds. The van der Waals surface area contributed by atoms with Crippen molar-refractivity contribution in [2.75, 3.05) is 0 Å². The summed E-state index contributed by atoms with van der Waals surface area (Å²) in [4.78, 5) is 19.2. The highest BCUT2D eigenvalue weighted by molar-refractivity contribution is 5.88. The van der Waals surface area contributed by atoms with Crippen LogP contribution in [0.5, 0.6) is 0 Å². The van der Waals surface area contributed by atoms with Gasteiger partial charge < -0.3 is 4.79 Å². The molecule has 0 radical (unpaired) electrons. The van der Waals surface area contributed by atoms with Gasteiger partial charge in [-0.1, -0.05) is 6.92 Å². The molecule has 1 aliphatic heterocycles. The number of rotatable bonds is 0. The Morgan fingerprint density at radius 3 is 2.78 bits per heavy atom. The van der Waals surface area contributed by atoms with Crippen LogP contribution in [0.25, 0.3) is 0 Å². The molecule has 0 bridgehead atoms. The monoisotopic (exact) mass is 129 g/mol. The SMILES string of the molecule is CC1CC(=O)OC(=[OH+])C1. The zero-order valence-electron chi connectivity index (χ0n) is 5.26. The van der Waals surface area contributed by atoms with E-state index in [-0.39, 0.29) is 17.9 Å². The van der Waals surface area contributed by atoms with Crippen molar-refractivity contribution in [3.8, 4) is 0 Å². The largest absolute Gasteiger partial charge is 0.491 e. The van der Waals surface area contributed by atoms with Gasteiger partial charge in [0.2, 0.25) is 0 Å². The topological polar surface area (TPSA) is 47.7 Å². The van der Waals surface area contributed by atoms with Gasteiger partial charge in [0.25, 0.3) is 0 Å². The number of esters is 2. The van der Waals surface area contributed by atoms with Gasteiger partial charge in [-0.3, -0.25) is 0 Å². The first kappa shape index (κ1) is 6.26. The molecule has 1 unspecified atom stereocenters. The minimum Gasteiger partial charge on any atom is -0.339 e. The highest BCUT2D eigenvalue weighted by atomic mass is 16.6. The summed E-state index contributed by atoms with van der Waals surface area (Å²) >= 11 is 0. The van der Waals surface area contributed by atoms with E-state index in [2.05, 4.69) is 4.74 Å². The first-order chi connectivity index (χ1) is 4.18. The van der Waals surface area contributed by atoms with Gasteiger partial charge >= 0.3 is 11.9 Å². The molecule has 1 N–H and O–H groups in total. The van der Waals surface area contributed by atoms with Crippen LogP contribution in [0.3, 0.4) is 0 Å². The minimum absolute atomic E-state index is 0.140. The first-order valence-corrected chi connectivity index (χ1v) is 2.94. The van der Waals surface area contributed by atoms with Gasteiger partial charge in [-0.25, -0.2) is 9.53 Å². The second kappa shape index (κ2) is 2.17. The van der Waals surface area contributed by atoms with Crippen molar-refractivity contribution in [2.45, 2.75) is 19.8 Å². The number of hydrogen-bond acceptors (Lipinski definition) is 2. The molecule has 3 heteroatoms. The van der Waals surface area contributed by atoms with Crippen LogP contribution in [0.4, 0.5) is 0 Å². The fourth-order valence-electron chi connectivity index (χ4n) is 0.870. The van der Waals surface area contributed by atoms with E-state index in [1.165, 1.54) is 0 Å². The van der Waals surface area contributed by atoms with E-state index >= 15 is 0 Å². The Morgan fingerprint density at radius 1 is 1.67 bits per heavy atom. The molecule has 0 aromatic rings. The van der Waals surface area contributed by atoms with E-state index in [1.807, 2.05) is 6.92 Å². The molecule has 0 spiro atoms. The Morgan fingerprint density at radius 2 is 2.33 bits per heavy atom. The fourth-order valence-corrected chi connectivity index (χ4v) is 0.870. The third-order valence-corrected chi connectivity index (χ3v) is 1.27. The van der Waals surface area contributed by atoms with Crippen molar-refractivity contribution >= 4 is 11.9 Å². The lowest BCUT2D eigenvalue weighted by atomic mass is 10.0. The van der Waals surface area contributed by atoms with Crippen molar-refractivity contribution in [2.24, 2.45) is 5.92 Å². The van der Waals surface area contributed by atoms with E-state index in [9.17, 15) is 4.79 Å². The van der Waals surface area contributed by atoms with Gasteiger partial charge in [0.15, 0.2) is 0 Å². The van der Waals surface area contributed by atoms with Crippen molar-refractivity contribution in [1.82, 2.24) is 0 Å². The number of cyclic esters (lactones) is 2. The lowest BCUT2D eigenvalue weighted by molar-refractivity contribution is -0.138. The lowest BCUT2D eigenvalue weighted by Crippen LogP contribution is -2.23. The number of carbonyl (C=O) groups excluding carboxylic acids is 2. The molecule has 9 heavy (non-hydrogen) atoms. The van der Waals surface area contributed by atoms with Crippen LogP contribution in [0, 0.1) is 5.92 Å². The number of carbonyl (C=O) groups is 1. The standard InChI is InChI=1S/C6H8O3/c1-4-2-5(7)9-6(8)3-4/h4H,2-3H2,1H3/p+1. The van der Waals surface area contributed by atoms with Crippen LogP contribution in [-0.2, 0) is 9.53 Å². The van der Waals surface area contributed by atoms with Crippen LogP contribution in [-0.4, -0.2) is 16.7 Å². The summed E-state index contributed by atoms with van der Waals surface area (Å²) in [6.07, 6.45) is 0.913. The summed E-state index contributed by atoms with van der Waals surface area (Å²) in [6.45, 7) is 1.90. The van der Waals surface area contributed by atoms with Gasteiger partial charge in [-0.15, -0.1) is 0 Å². The molecular formula is C6H9O3+. The summed E-state index contributed by atoms with van der Waals surface area (Å²) in [6, 6.07) is 0. The third-order valence-electron chi connectivity index (χ3n) is 1.27. The fraction of sp³-hybridized carbons (Fsp3) is 0.667. The lowest BCUT2D eigenvalue weighted by Gasteiger charge is -2.06. The van der Waals surface area contributed by atoms with Crippen LogP contribution in [0.2, 0.25) is 0 Å². The molecule has 1 heterocycles. The normalized spacial score (nSPS) is 27.9. The molecule has 50 valence electrons. The minimum atomic E-state index is -0.328. The van der Waals surface area contributed by atoms with E-state index < -0.39 is 0 Å². The Kier molecular flexibility index (Phi) is 1.51. The van der Waals surface area contributed by atoms with Gasteiger partial charge in [0.1, 0.15) is 6.42 Å². The maximum atomic E-state index is 10.5. The summed E-state index contributed by atoms with van der Waals surface area (Å²) in [5.41, 5.74) is 0. The molecule has 1 rings (SSSR count). The maximum absolute atomic E-state index is 10.5. The van der Waals surface area contributed by atoms with E-state index in [4.69, 9.17) is 4.79 Å². The zero-order valence-corrected chi connectivity index (χ0v) is 5.26. The van der Waals surface area contributed by atoms with Gasteiger partial charge in [0, 0.05) is 0 Å². The van der Waals surface area contributed by atoms with Gasteiger partial charge in [-0.05, 0) is 5.92 Å². The Bertz CT molecular complexity index is 134. The zero-order chi connectivity index (χ0) is 6.85. The molecule has 0 saturated carbocycles. The van der Waals surface area contributed by atoms with E-state index in [0.29, 0.717) is 12.8 Å². The smallest absolute Gasteiger partial charge is 0.339 e. The Labute approximate surface area is 53.0 Å². The van der Waals surface area contributed by atoms with Gasteiger partial charge in [-0.2, -0.15) is 0 Å². The molecule has 1 atom stereocenters. The predicted molar refractivity (Wildman–Crippen MR) is 31.4 cm³/mol. The van der Waals surface area contributed by atoms with Crippen molar-refractivity contribution in [3.63, 3.8) is 0 Å². The average molecular weight is 129 g/mol. The van der Waals surface area contributed by atoms with Gasteiger partial charge in [0.05, 0.1) is 6.42 Å². The summed E-state index contributed by atoms with van der Waals surface area (Å²) in [7, 11) is 0. The second-order valence-corrected chi connectivity index (χ2v) is 2.38. The summed E-state index contributed by atoms with van der Waals surface area (Å²) in [5, 5.41) is 0. The van der Waals surface area contributed by atoms with E-state index in [1.54, 1.807) is 0 Å². The van der Waals surface area contributed by atoms with Crippen LogP contribution < -0.4 is 0 Å². The number of hydrogen-bond donors (Lipinski definition) is 0. The molecule has 3 nitrogen and oxygen atoms in total. The van der Waals surface area contributed by atoms with Crippen LogP contribution in [0.1, 0.15) is 19.8 Å². The highest BCUT2D eigenvalue weighted by Gasteiger charge is 2.31. The Balaban J connectivity index is 2.53. The molecular weight excluding hydrogens is 120 g/mol. The van der Waals surface area contributed by atoms with Crippen molar-refractivity contribution in [3.05, 3.63) is 0 Å². The number of ether oxygens (including phenoxy) is 1. The second-order valence-electron chi connectivity index (χ2n) is 2.38. The molecule has 0 aromatic heterocycles. The molecule has 0 aromatic carbocycles. The predicted octanol–water partition coefficient (Wildman–Crippen LogP) is 0.462. The highest BCUT2D eigenvalue weighted by Crippen LogP contribution is 2.14. The molecule has 1 fully saturated rings. The molecule has 1 aliphatic rings. The van der Waals surface area contributed by atoms with Crippen molar-refractivity contribution in [1.29, 1.82) is 0 Å². The molecule has 1 saturated heterocycles. The summed E-state index contributed by atoms with van der Waals surface area (Å²) in [5.74, 6) is -0.240. The van der Waals surface area contributed by atoms with Crippen LogP contribution in [0.15, 0.2) is 0 Å². The third kappa shape index (κ3) is 1.52. The quantitative estimate of drug-likeness (QED) is 0.271. The van der Waals surface area contributed by atoms with Crippen molar-refractivity contribution < 1.29 is 14.3 Å². The maximum Gasteiger partial charge on any atom is 0.491 e. The summed E-state index contributed by atoms with van der Waals surface area (Å²) < 4.78 is 4.39. The van der Waals surface area contributed by atoms with E-state index in [0.717, 1.165) is 0 Å².